The zero-order valence-electron chi connectivity index (χ0n) is 17.3. The summed E-state index contributed by atoms with van der Waals surface area (Å²) in [5.74, 6) is 2.64. The minimum Gasteiger partial charge on any atom is -0.376 e. The summed E-state index contributed by atoms with van der Waals surface area (Å²) in [5, 5.41) is 0. The van der Waals surface area contributed by atoms with Crippen LogP contribution < -0.4 is 4.72 Å². The van der Waals surface area contributed by atoms with Gasteiger partial charge in [-0.2, -0.15) is 0 Å². The molecule has 1 aromatic rings. The van der Waals surface area contributed by atoms with Gasteiger partial charge in [0.25, 0.3) is 0 Å². The number of ether oxygens (including phenoxy) is 1. The lowest BCUT2D eigenvalue weighted by atomic mass is 9.50. The van der Waals surface area contributed by atoms with Gasteiger partial charge in [0, 0.05) is 13.7 Å². The van der Waals surface area contributed by atoms with E-state index in [4.69, 9.17) is 4.74 Å². The van der Waals surface area contributed by atoms with Gasteiger partial charge in [-0.1, -0.05) is 6.07 Å². The van der Waals surface area contributed by atoms with Crippen molar-refractivity contribution >= 4 is 10.0 Å². The first-order chi connectivity index (χ1) is 12.7. The maximum absolute atomic E-state index is 13.3. The van der Waals surface area contributed by atoms with Crippen molar-refractivity contribution in [2.75, 3.05) is 13.7 Å². The van der Waals surface area contributed by atoms with Gasteiger partial charge in [-0.05, 0) is 106 Å². The number of nitrogens with one attached hydrogen (secondary N) is 1. The lowest BCUT2D eigenvalue weighted by Crippen LogP contribution is -2.63. The van der Waals surface area contributed by atoms with Gasteiger partial charge in [0.1, 0.15) is 0 Å². The van der Waals surface area contributed by atoms with E-state index in [0.29, 0.717) is 23.3 Å². The van der Waals surface area contributed by atoms with Crippen molar-refractivity contribution in [3.05, 3.63) is 28.3 Å². The second kappa shape index (κ2) is 6.57. The van der Waals surface area contributed by atoms with Crippen LogP contribution in [0.5, 0.6) is 0 Å². The smallest absolute Gasteiger partial charge is 0.241 e. The molecular formula is C22H33NO3S. The Balaban J connectivity index is 1.63. The summed E-state index contributed by atoms with van der Waals surface area (Å²) in [6.45, 7) is 8.17. The summed E-state index contributed by atoms with van der Waals surface area (Å²) in [4.78, 5) is 0.454. The normalized spacial score (nSPS) is 35.0. The van der Waals surface area contributed by atoms with E-state index in [9.17, 15) is 8.42 Å². The molecule has 4 aliphatic carbocycles. The molecule has 5 heteroatoms. The van der Waals surface area contributed by atoms with E-state index in [0.717, 1.165) is 34.1 Å². The molecule has 1 aromatic carbocycles. The van der Waals surface area contributed by atoms with Crippen LogP contribution in [-0.2, 0) is 14.8 Å². The SMILES string of the molecule is COC1(CNS(=O)(=O)c2c(C)c(C)cc(C)c2C)C2CC3CC(C2)CC1C3. The number of benzene rings is 1. The molecule has 0 spiro atoms. The number of aryl methyl sites for hydroxylation is 2. The molecule has 4 aliphatic rings. The van der Waals surface area contributed by atoms with Gasteiger partial charge in [-0.3, -0.25) is 0 Å². The van der Waals surface area contributed by atoms with Crippen molar-refractivity contribution in [1.82, 2.24) is 4.72 Å². The summed E-state index contributed by atoms with van der Waals surface area (Å²) in [7, 11) is -1.80. The quantitative estimate of drug-likeness (QED) is 0.824. The Morgan fingerprint density at radius 3 is 1.89 bits per heavy atom. The molecule has 0 heterocycles. The number of rotatable bonds is 5. The lowest BCUT2D eigenvalue weighted by Gasteiger charge is -2.60. The first kappa shape index (κ1) is 19.4. The van der Waals surface area contributed by atoms with Gasteiger partial charge in [-0.25, -0.2) is 13.1 Å². The lowest BCUT2D eigenvalue weighted by molar-refractivity contribution is -0.185. The Kier molecular flexibility index (Phi) is 4.72. The molecule has 4 saturated carbocycles. The van der Waals surface area contributed by atoms with E-state index < -0.39 is 10.0 Å². The molecule has 0 atom stereocenters. The maximum Gasteiger partial charge on any atom is 0.241 e. The molecule has 27 heavy (non-hydrogen) atoms. The fraction of sp³-hybridized carbons (Fsp3) is 0.727. The van der Waals surface area contributed by atoms with Gasteiger partial charge in [0.2, 0.25) is 10.0 Å². The molecule has 0 radical (unpaired) electrons. The van der Waals surface area contributed by atoms with Crippen LogP contribution in [0.4, 0.5) is 0 Å². The average molecular weight is 392 g/mol. The number of hydrogen-bond donors (Lipinski definition) is 1. The zero-order chi connectivity index (χ0) is 19.6. The average Bonchev–Trinajstić information content (AvgIpc) is 2.59. The number of sulfonamides is 1. The first-order valence-corrected chi connectivity index (χ1v) is 11.8. The van der Waals surface area contributed by atoms with E-state index >= 15 is 0 Å². The van der Waals surface area contributed by atoms with Crippen molar-refractivity contribution < 1.29 is 13.2 Å². The highest BCUT2D eigenvalue weighted by Crippen LogP contribution is 2.59. The molecule has 1 N–H and O–H groups in total. The standard InChI is InChI=1S/C22H33NO3S/c1-13-6-14(2)16(4)21(15(13)3)27(24,25)23-12-22(26-5)19-8-17-7-18(10-19)11-20(22)9-17/h6,17-20,23H,7-12H2,1-5H3. The van der Waals surface area contributed by atoms with Crippen LogP contribution >= 0.6 is 0 Å². The minimum absolute atomic E-state index is 0.332. The Bertz CT molecular complexity index is 805. The third kappa shape index (κ3) is 2.97. The van der Waals surface area contributed by atoms with E-state index in [2.05, 4.69) is 10.8 Å². The Morgan fingerprint density at radius 2 is 1.44 bits per heavy atom. The minimum atomic E-state index is -3.58. The summed E-state index contributed by atoms with van der Waals surface area (Å²) in [6.07, 6.45) is 6.17. The molecule has 0 amide bonds. The molecule has 0 aliphatic heterocycles. The summed E-state index contributed by atoms with van der Waals surface area (Å²) >= 11 is 0. The van der Waals surface area contributed by atoms with E-state index in [1.165, 1.54) is 32.1 Å². The Labute approximate surface area is 164 Å². The van der Waals surface area contributed by atoms with Gasteiger partial charge in [0.05, 0.1) is 10.5 Å². The molecule has 4 fully saturated rings. The van der Waals surface area contributed by atoms with Crippen LogP contribution in [0.1, 0.15) is 54.4 Å². The van der Waals surface area contributed by atoms with Crippen molar-refractivity contribution in [1.29, 1.82) is 0 Å². The highest BCUT2D eigenvalue weighted by atomic mass is 32.2. The van der Waals surface area contributed by atoms with Crippen molar-refractivity contribution in [3.8, 4) is 0 Å². The van der Waals surface area contributed by atoms with Crippen molar-refractivity contribution in [2.45, 2.75) is 70.3 Å². The van der Waals surface area contributed by atoms with Gasteiger partial charge >= 0.3 is 0 Å². The highest BCUT2D eigenvalue weighted by molar-refractivity contribution is 7.89. The zero-order valence-corrected chi connectivity index (χ0v) is 18.1. The van der Waals surface area contributed by atoms with Crippen LogP contribution in [0.3, 0.4) is 0 Å². The first-order valence-electron chi connectivity index (χ1n) is 10.3. The third-order valence-corrected chi connectivity index (χ3v) is 9.68. The summed E-state index contributed by atoms with van der Waals surface area (Å²) in [6, 6.07) is 2.07. The molecule has 4 nitrogen and oxygen atoms in total. The van der Waals surface area contributed by atoms with Crippen LogP contribution in [0.25, 0.3) is 0 Å². The second-order valence-corrected chi connectivity index (χ2v) is 11.1. The molecule has 4 bridgehead atoms. The molecule has 0 aromatic heterocycles. The fourth-order valence-corrected chi connectivity index (χ4v) is 8.23. The van der Waals surface area contributed by atoms with Crippen molar-refractivity contribution in [2.24, 2.45) is 23.7 Å². The Morgan fingerprint density at radius 1 is 0.963 bits per heavy atom. The van der Waals surface area contributed by atoms with Gasteiger partial charge in [-0.15, -0.1) is 0 Å². The molecule has 0 unspecified atom stereocenters. The monoisotopic (exact) mass is 391 g/mol. The molecule has 5 rings (SSSR count). The number of methoxy groups -OCH3 is 1. The number of hydrogen-bond acceptors (Lipinski definition) is 3. The molecule has 0 saturated heterocycles. The Hall–Kier alpha value is -0.910. The maximum atomic E-state index is 13.3. The van der Waals surface area contributed by atoms with Crippen LogP contribution in [0, 0.1) is 51.4 Å². The summed E-state index contributed by atoms with van der Waals surface area (Å²) < 4.78 is 35.7. The summed E-state index contributed by atoms with van der Waals surface area (Å²) in [5.41, 5.74) is 3.41. The van der Waals surface area contributed by atoms with Gasteiger partial charge in [0.15, 0.2) is 0 Å². The second-order valence-electron chi connectivity index (χ2n) is 9.38. The van der Waals surface area contributed by atoms with E-state index in [1.807, 2.05) is 27.7 Å². The largest absolute Gasteiger partial charge is 0.376 e. The fourth-order valence-electron chi connectivity index (χ4n) is 6.54. The van der Waals surface area contributed by atoms with Crippen molar-refractivity contribution in [3.63, 3.8) is 0 Å². The van der Waals surface area contributed by atoms with E-state index in [1.54, 1.807) is 7.11 Å². The van der Waals surface area contributed by atoms with E-state index in [-0.39, 0.29) is 5.60 Å². The molecular weight excluding hydrogens is 358 g/mol. The predicted molar refractivity (Wildman–Crippen MR) is 107 cm³/mol. The van der Waals surface area contributed by atoms with Crippen LogP contribution in [-0.4, -0.2) is 27.7 Å². The van der Waals surface area contributed by atoms with Crippen LogP contribution in [0.15, 0.2) is 11.0 Å². The van der Waals surface area contributed by atoms with Crippen LogP contribution in [0.2, 0.25) is 0 Å². The molecule has 150 valence electrons. The highest BCUT2D eigenvalue weighted by Gasteiger charge is 2.57. The van der Waals surface area contributed by atoms with Gasteiger partial charge < -0.3 is 4.74 Å². The topological polar surface area (TPSA) is 55.4 Å². The third-order valence-electron chi connectivity index (χ3n) is 8.00. The predicted octanol–water partition coefficient (Wildman–Crippen LogP) is 4.04.